The van der Waals surface area contributed by atoms with Crippen LogP contribution in [0, 0.1) is 5.92 Å². The Morgan fingerprint density at radius 2 is 2.15 bits per heavy atom. The fourth-order valence-electron chi connectivity index (χ4n) is 0.644. The number of thioether (sulfide) groups is 1. The average Bonchev–Trinajstić information content (AvgIpc) is 2.16. The van der Waals surface area contributed by atoms with E-state index in [-0.39, 0.29) is 12.5 Å². The Balaban J connectivity index is 2.41. The zero-order valence-corrected chi connectivity index (χ0v) is 9.68. The Morgan fingerprint density at radius 3 is 2.69 bits per heavy atom. The first-order chi connectivity index (χ1) is 6.22. The van der Waals surface area contributed by atoms with Crippen LogP contribution >= 0.6 is 27.7 Å². The third-order valence-electron chi connectivity index (χ3n) is 1.41. The number of aliphatic hydroxyl groups excluding tert-OH is 1. The Bertz CT molecular complexity index is 255. The van der Waals surface area contributed by atoms with Gasteiger partial charge in [-0.3, -0.25) is 0 Å². The molecule has 0 amide bonds. The summed E-state index contributed by atoms with van der Waals surface area (Å²) in [4.78, 5) is 8.22. The third-order valence-corrected chi connectivity index (χ3v) is 3.02. The van der Waals surface area contributed by atoms with Gasteiger partial charge >= 0.3 is 0 Å². The summed E-state index contributed by atoms with van der Waals surface area (Å²) in [5.41, 5.74) is 0. The molecule has 1 heterocycles. The molecule has 0 aliphatic rings. The Hall–Kier alpha value is -0.130. The molecular formula is C8H11BrN2OS. The van der Waals surface area contributed by atoms with E-state index in [9.17, 15) is 0 Å². The van der Waals surface area contributed by atoms with Gasteiger partial charge in [-0.1, -0.05) is 18.7 Å². The molecule has 13 heavy (non-hydrogen) atoms. The zero-order valence-electron chi connectivity index (χ0n) is 7.27. The lowest BCUT2D eigenvalue weighted by molar-refractivity contribution is 0.250. The van der Waals surface area contributed by atoms with E-state index in [2.05, 4.69) is 25.9 Å². The second kappa shape index (κ2) is 5.57. The van der Waals surface area contributed by atoms with Crippen LogP contribution in [0.2, 0.25) is 0 Å². The monoisotopic (exact) mass is 262 g/mol. The van der Waals surface area contributed by atoms with Gasteiger partial charge in [-0.15, -0.1) is 0 Å². The molecule has 0 spiro atoms. The molecule has 1 aromatic heterocycles. The summed E-state index contributed by atoms with van der Waals surface area (Å²) >= 11 is 4.82. The number of nitrogens with zero attached hydrogens (tertiary/aromatic N) is 2. The van der Waals surface area contributed by atoms with Crippen molar-refractivity contribution in [3.8, 4) is 0 Å². The van der Waals surface area contributed by atoms with Gasteiger partial charge in [0.25, 0.3) is 0 Å². The van der Waals surface area contributed by atoms with Crippen molar-refractivity contribution in [2.24, 2.45) is 5.92 Å². The quantitative estimate of drug-likeness (QED) is 0.666. The summed E-state index contributed by atoms with van der Waals surface area (Å²) < 4.78 is 0.882. The molecule has 1 aromatic rings. The summed E-state index contributed by atoms with van der Waals surface area (Å²) in [6, 6.07) is 0. The molecule has 0 aliphatic carbocycles. The highest BCUT2D eigenvalue weighted by Crippen LogP contribution is 2.16. The maximum absolute atomic E-state index is 8.80. The number of rotatable bonds is 4. The minimum atomic E-state index is 0.212. The third kappa shape index (κ3) is 4.06. The fourth-order valence-corrected chi connectivity index (χ4v) is 1.64. The lowest BCUT2D eigenvalue weighted by Gasteiger charge is -2.05. The summed E-state index contributed by atoms with van der Waals surface area (Å²) in [5.74, 6) is 1.13. The van der Waals surface area contributed by atoms with Crippen LogP contribution in [-0.4, -0.2) is 27.4 Å². The van der Waals surface area contributed by atoms with E-state index in [1.165, 1.54) is 0 Å². The van der Waals surface area contributed by atoms with Gasteiger partial charge in [0.15, 0.2) is 5.16 Å². The molecule has 0 radical (unpaired) electrons. The number of aliphatic hydroxyl groups is 1. The van der Waals surface area contributed by atoms with Crippen LogP contribution in [0.1, 0.15) is 6.92 Å². The number of halogens is 1. The Kier molecular flexibility index (Phi) is 4.69. The lowest BCUT2D eigenvalue weighted by Crippen LogP contribution is -2.03. The largest absolute Gasteiger partial charge is 0.396 e. The van der Waals surface area contributed by atoms with Crippen molar-refractivity contribution in [1.29, 1.82) is 0 Å². The molecule has 0 aliphatic heterocycles. The van der Waals surface area contributed by atoms with Crippen LogP contribution < -0.4 is 0 Å². The summed E-state index contributed by atoms with van der Waals surface area (Å²) in [5, 5.41) is 9.55. The maximum atomic E-state index is 8.80. The second-order valence-electron chi connectivity index (χ2n) is 2.78. The molecule has 1 N–H and O–H groups in total. The first-order valence-electron chi connectivity index (χ1n) is 3.93. The van der Waals surface area contributed by atoms with E-state index in [1.807, 2.05) is 6.92 Å². The first kappa shape index (κ1) is 10.9. The van der Waals surface area contributed by atoms with Gasteiger partial charge in [0.2, 0.25) is 0 Å². The van der Waals surface area contributed by atoms with Crippen LogP contribution in [0.5, 0.6) is 0 Å². The van der Waals surface area contributed by atoms with Crippen LogP contribution in [0.25, 0.3) is 0 Å². The second-order valence-corrected chi connectivity index (χ2v) is 4.69. The van der Waals surface area contributed by atoms with Crippen molar-refractivity contribution in [3.63, 3.8) is 0 Å². The Labute approximate surface area is 90.1 Å². The van der Waals surface area contributed by atoms with Crippen molar-refractivity contribution in [2.75, 3.05) is 12.4 Å². The smallest absolute Gasteiger partial charge is 0.187 e. The molecule has 0 aromatic carbocycles. The van der Waals surface area contributed by atoms with Gasteiger partial charge < -0.3 is 5.11 Å². The predicted octanol–water partition coefficient (Wildman–Crippen LogP) is 1.96. The molecule has 0 saturated heterocycles. The van der Waals surface area contributed by atoms with Gasteiger partial charge in [0, 0.05) is 24.8 Å². The minimum Gasteiger partial charge on any atom is -0.396 e. The molecule has 0 bridgehead atoms. The molecule has 1 unspecified atom stereocenters. The van der Waals surface area contributed by atoms with E-state index in [4.69, 9.17) is 5.11 Å². The molecule has 5 heteroatoms. The molecule has 0 saturated carbocycles. The van der Waals surface area contributed by atoms with Gasteiger partial charge in [-0.2, -0.15) is 0 Å². The molecule has 0 fully saturated rings. The van der Waals surface area contributed by atoms with E-state index in [0.717, 1.165) is 15.4 Å². The van der Waals surface area contributed by atoms with Crippen LogP contribution in [0.4, 0.5) is 0 Å². The van der Waals surface area contributed by atoms with Crippen molar-refractivity contribution in [1.82, 2.24) is 9.97 Å². The standard InChI is InChI=1S/C8H11BrN2OS/c1-6(4-12)5-13-8-10-2-7(9)3-11-8/h2-3,6,12H,4-5H2,1H3. The normalized spacial score (nSPS) is 12.8. The molecule has 1 atom stereocenters. The summed E-state index contributed by atoms with van der Waals surface area (Å²) in [6.45, 7) is 2.20. The molecule has 3 nitrogen and oxygen atoms in total. The first-order valence-corrected chi connectivity index (χ1v) is 5.71. The van der Waals surface area contributed by atoms with E-state index < -0.39 is 0 Å². The molecule has 72 valence electrons. The van der Waals surface area contributed by atoms with Crippen LogP contribution in [-0.2, 0) is 0 Å². The topological polar surface area (TPSA) is 46.0 Å². The van der Waals surface area contributed by atoms with E-state index >= 15 is 0 Å². The van der Waals surface area contributed by atoms with Crippen molar-refractivity contribution >= 4 is 27.7 Å². The Morgan fingerprint density at radius 1 is 1.54 bits per heavy atom. The lowest BCUT2D eigenvalue weighted by atomic mass is 10.2. The van der Waals surface area contributed by atoms with Crippen molar-refractivity contribution in [2.45, 2.75) is 12.1 Å². The summed E-state index contributed by atoms with van der Waals surface area (Å²) in [7, 11) is 0. The van der Waals surface area contributed by atoms with Gasteiger partial charge in [-0.25, -0.2) is 9.97 Å². The predicted molar refractivity (Wildman–Crippen MR) is 56.7 cm³/mol. The summed E-state index contributed by atoms with van der Waals surface area (Å²) in [6.07, 6.45) is 3.44. The number of hydrogen-bond acceptors (Lipinski definition) is 4. The van der Waals surface area contributed by atoms with E-state index in [0.29, 0.717) is 0 Å². The highest BCUT2D eigenvalue weighted by Gasteiger charge is 2.02. The highest BCUT2D eigenvalue weighted by atomic mass is 79.9. The van der Waals surface area contributed by atoms with Crippen molar-refractivity contribution in [3.05, 3.63) is 16.9 Å². The minimum absolute atomic E-state index is 0.212. The zero-order chi connectivity index (χ0) is 9.68. The van der Waals surface area contributed by atoms with Crippen LogP contribution in [0.3, 0.4) is 0 Å². The van der Waals surface area contributed by atoms with Gasteiger partial charge in [0.05, 0.1) is 4.47 Å². The fraction of sp³-hybridized carbons (Fsp3) is 0.500. The van der Waals surface area contributed by atoms with Crippen LogP contribution in [0.15, 0.2) is 22.0 Å². The molecule has 1 rings (SSSR count). The van der Waals surface area contributed by atoms with E-state index in [1.54, 1.807) is 24.2 Å². The molecular weight excluding hydrogens is 252 g/mol. The maximum Gasteiger partial charge on any atom is 0.187 e. The van der Waals surface area contributed by atoms with Crippen molar-refractivity contribution < 1.29 is 5.11 Å². The number of hydrogen-bond donors (Lipinski definition) is 1. The number of aromatic nitrogens is 2. The van der Waals surface area contributed by atoms with Gasteiger partial charge in [-0.05, 0) is 21.8 Å². The average molecular weight is 263 g/mol. The highest BCUT2D eigenvalue weighted by molar-refractivity contribution is 9.10. The SMILES string of the molecule is CC(CO)CSc1ncc(Br)cn1. The van der Waals surface area contributed by atoms with Gasteiger partial charge in [0.1, 0.15) is 0 Å².